The molecule has 0 spiro atoms. The van der Waals surface area contributed by atoms with Gasteiger partial charge < -0.3 is 35.4 Å². The van der Waals surface area contributed by atoms with Gasteiger partial charge in [0.25, 0.3) is 0 Å². The van der Waals surface area contributed by atoms with Crippen LogP contribution in [0.4, 0.5) is 0 Å². The van der Waals surface area contributed by atoms with E-state index < -0.39 is 0 Å². The minimum Gasteiger partial charge on any atom is -0.854 e. The normalized spacial score (nSPS) is 8.47. The van der Waals surface area contributed by atoms with E-state index in [1.54, 1.807) is 0 Å². The first-order chi connectivity index (χ1) is 16.0. The SMILES string of the molecule is CCCCOCCO.CCCC[O-].CCCC[O-].CCCC[O-].CCCC[O-].CCCC[O-].[Ta+5]. The van der Waals surface area contributed by atoms with Gasteiger partial charge in [0.1, 0.15) is 0 Å². The number of hydrogen-bond donors (Lipinski definition) is 1. The Kier molecular flexibility index (Phi) is 115. The Labute approximate surface area is 228 Å². The molecular weight excluding hydrogens is 605 g/mol. The average Bonchev–Trinajstić information content (AvgIpc) is 2.82. The summed E-state index contributed by atoms with van der Waals surface area (Å²) in [6, 6.07) is 0. The molecule has 0 aliphatic rings. The maximum absolute atomic E-state index is 9.53. The minimum absolute atomic E-state index is 0. The third-order valence-corrected chi connectivity index (χ3v) is 3.37. The topological polar surface area (TPSA) is 145 Å². The van der Waals surface area contributed by atoms with Crippen molar-refractivity contribution >= 4 is 0 Å². The van der Waals surface area contributed by atoms with E-state index >= 15 is 0 Å². The molecule has 210 valence electrons. The first kappa shape index (κ1) is 51.2. The predicted octanol–water partition coefficient (Wildman–Crippen LogP) is 1.53. The molecule has 0 fully saturated rings. The van der Waals surface area contributed by atoms with Crippen LogP contribution < -0.4 is 25.5 Å². The van der Waals surface area contributed by atoms with E-state index in [9.17, 15) is 25.5 Å². The Morgan fingerprint density at radius 1 is 0.441 bits per heavy atom. The summed E-state index contributed by atoms with van der Waals surface area (Å²) in [5.41, 5.74) is 0. The van der Waals surface area contributed by atoms with Gasteiger partial charge in [0.2, 0.25) is 0 Å². The van der Waals surface area contributed by atoms with Crippen LogP contribution >= 0.6 is 0 Å². The molecule has 0 aromatic rings. The van der Waals surface area contributed by atoms with Crippen molar-refractivity contribution in [1.29, 1.82) is 0 Å². The molecule has 0 atom stereocenters. The van der Waals surface area contributed by atoms with Crippen LogP contribution in [0, 0.1) is 0 Å². The Hall–Kier alpha value is 0.460. The van der Waals surface area contributed by atoms with E-state index in [1.807, 2.05) is 34.6 Å². The quantitative estimate of drug-likeness (QED) is 0.262. The molecule has 34 heavy (non-hydrogen) atoms. The number of unbranched alkanes of at least 4 members (excludes halogenated alkanes) is 6. The Bertz CT molecular complexity index is 165. The van der Waals surface area contributed by atoms with Crippen LogP contribution in [-0.2, 0) is 27.1 Å². The van der Waals surface area contributed by atoms with Gasteiger partial charge in [0.05, 0.1) is 13.2 Å². The van der Waals surface area contributed by atoms with Gasteiger partial charge in [-0.3, -0.25) is 0 Å². The number of aliphatic hydroxyl groups is 1. The largest absolute Gasteiger partial charge is 5.00 e. The molecule has 0 aliphatic heterocycles. The maximum Gasteiger partial charge on any atom is 5.00 e. The van der Waals surface area contributed by atoms with Gasteiger partial charge in [-0.25, -0.2) is 0 Å². The molecular formula is C26H59O7Ta. The molecule has 7 nitrogen and oxygen atoms in total. The number of aliphatic hydroxyl groups excluding tert-OH is 1. The van der Waals surface area contributed by atoms with Gasteiger partial charge in [0, 0.05) is 6.61 Å². The van der Waals surface area contributed by atoms with Crippen LogP contribution in [0.25, 0.3) is 0 Å². The van der Waals surface area contributed by atoms with Crippen molar-refractivity contribution in [3.8, 4) is 0 Å². The van der Waals surface area contributed by atoms with Crippen LogP contribution in [0.5, 0.6) is 0 Å². The predicted molar refractivity (Wildman–Crippen MR) is 132 cm³/mol. The second-order valence-corrected chi connectivity index (χ2v) is 6.98. The molecule has 0 bridgehead atoms. The molecule has 0 aromatic carbocycles. The van der Waals surface area contributed by atoms with Crippen molar-refractivity contribution in [2.75, 3.05) is 52.9 Å². The van der Waals surface area contributed by atoms with Crippen molar-refractivity contribution in [2.45, 2.75) is 119 Å². The average molecular weight is 665 g/mol. The van der Waals surface area contributed by atoms with E-state index in [0.29, 0.717) is 6.61 Å². The van der Waals surface area contributed by atoms with E-state index in [4.69, 9.17) is 9.84 Å². The van der Waals surface area contributed by atoms with Crippen LogP contribution in [0.3, 0.4) is 0 Å². The van der Waals surface area contributed by atoms with Crippen LogP contribution in [-0.4, -0.2) is 58.0 Å². The molecule has 0 aromatic heterocycles. The Morgan fingerprint density at radius 3 is 0.794 bits per heavy atom. The van der Waals surface area contributed by atoms with Crippen LogP contribution in [0.2, 0.25) is 0 Å². The number of ether oxygens (including phenoxy) is 1. The van der Waals surface area contributed by atoms with Crippen molar-refractivity contribution in [2.24, 2.45) is 0 Å². The smallest absolute Gasteiger partial charge is 0.854 e. The molecule has 0 unspecified atom stereocenters. The minimum atomic E-state index is 0. The van der Waals surface area contributed by atoms with E-state index in [2.05, 4.69) is 6.92 Å². The molecule has 0 aliphatic carbocycles. The summed E-state index contributed by atoms with van der Waals surface area (Å²) in [7, 11) is 0. The maximum atomic E-state index is 9.53. The molecule has 0 radical (unpaired) electrons. The third-order valence-electron chi connectivity index (χ3n) is 3.37. The Morgan fingerprint density at radius 2 is 0.676 bits per heavy atom. The molecule has 0 saturated heterocycles. The summed E-state index contributed by atoms with van der Waals surface area (Å²) in [5, 5.41) is 55.9. The summed E-state index contributed by atoms with van der Waals surface area (Å²) in [6.45, 7) is 14.1. The van der Waals surface area contributed by atoms with Crippen LogP contribution in [0.15, 0.2) is 0 Å². The fourth-order valence-corrected chi connectivity index (χ4v) is 1.13. The van der Waals surface area contributed by atoms with Crippen molar-refractivity contribution < 1.29 is 57.8 Å². The van der Waals surface area contributed by atoms with Crippen LogP contribution in [0.1, 0.15) is 119 Å². The Balaban J connectivity index is -0.0000000518. The van der Waals surface area contributed by atoms with Gasteiger partial charge in [-0.1, -0.05) is 112 Å². The summed E-state index contributed by atoms with van der Waals surface area (Å²) in [5.74, 6) is 0. The van der Waals surface area contributed by atoms with Gasteiger partial charge in [-0.05, 0) is 6.42 Å². The molecule has 0 heterocycles. The second kappa shape index (κ2) is 76.6. The van der Waals surface area contributed by atoms with E-state index in [1.165, 1.54) is 0 Å². The summed E-state index contributed by atoms with van der Waals surface area (Å²) < 4.78 is 4.97. The summed E-state index contributed by atoms with van der Waals surface area (Å²) >= 11 is 0. The first-order valence-electron chi connectivity index (χ1n) is 13.1. The fourth-order valence-electron chi connectivity index (χ4n) is 1.13. The van der Waals surface area contributed by atoms with E-state index in [0.717, 1.165) is 83.7 Å². The van der Waals surface area contributed by atoms with E-state index in [-0.39, 0.29) is 62.0 Å². The second-order valence-electron chi connectivity index (χ2n) is 6.98. The van der Waals surface area contributed by atoms with Crippen molar-refractivity contribution in [3.05, 3.63) is 0 Å². The summed E-state index contributed by atoms with van der Waals surface area (Å²) in [6.07, 6.45) is 11.6. The standard InChI is InChI=1S/C6H14O2.5C4H9O.Ta/c1-2-3-5-8-6-4-7;5*1-2-3-4-5;/h7H,2-6H2,1H3;5*2-4H2,1H3;/q;5*-1;+5. The summed E-state index contributed by atoms with van der Waals surface area (Å²) in [4.78, 5) is 0. The fraction of sp³-hybridized carbons (Fsp3) is 1.00. The molecule has 0 amide bonds. The third kappa shape index (κ3) is 134. The molecule has 0 saturated carbocycles. The van der Waals surface area contributed by atoms with Crippen molar-refractivity contribution in [1.82, 2.24) is 0 Å². The zero-order valence-electron chi connectivity index (χ0n) is 23.5. The molecule has 1 N–H and O–H groups in total. The zero-order valence-corrected chi connectivity index (χ0v) is 26.7. The molecule has 8 heteroatoms. The molecule has 0 rings (SSSR count). The van der Waals surface area contributed by atoms with Gasteiger partial charge in [-0.15, -0.1) is 33.0 Å². The van der Waals surface area contributed by atoms with Crippen molar-refractivity contribution in [3.63, 3.8) is 0 Å². The zero-order chi connectivity index (χ0) is 26.8. The monoisotopic (exact) mass is 664 g/mol. The van der Waals surface area contributed by atoms with Gasteiger partial charge in [-0.2, -0.15) is 0 Å². The number of hydrogen-bond acceptors (Lipinski definition) is 7. The van der Waals surface area contributed by atoms with Gasteiger partial charge >= 0.3 is 22.4 Å². The van der Waals surface area contributed by atoms with Gasteiger partial charge in [0.15, 0.2) is 0 Å². The first-order valence-corrected chi connectivity index (χ1v) is 13.1. The number of rotatable bonds is 15.